The van der Waals surface area contributed by atoms with E-state index in [2.05, 4.69) is 31.9 Å². The highest BCUT2D eigenvalue weighted by molar-refractivity contribution is 9.10. The van der Waals surface area contributed by atoms with Crippen molar-refractivity contribution in [2.45, 2.75) is 69.0 Å². The molecule has 7 atom stereocenters. The topological polar surface area (TPSA) is 111 Å². The third-order valence-electron chi connectivity index (χ3n) is 7.93. The first-order chi connectivity index (χ1) is 20.7. The van der Waals surface area contributed by atoms with Crippen LogP contribution in [0.15, 0.2) is 75.7 Å². The maximum atomic E-state index is 13.0. The molecule has 0 spiro atoms. The Morgan fingerprint density at radius 1 is 1.00 bits per heavy atom. The van der Waals surface area contributed by atoms with Crippen LogP contribution in [0, 0.1) is 10.1 Å². The molecule has 13 heteroatoms. The van der Waals surface area contributed by atoms with Crippen LogP contribution < -0.4 is 14.5 Å². The number of benzene rings is 3. The van der Waals surface area contributed by atoms with Gasteiger partial charge in [0.05, 0.1) is 12.3 Å². The summed E-state index contributed by atoms with van der Waals surface area (Å²) in [4.78, 5) is 19.2. The first-order valence-electron chi connectivity index (χ1n) is 13.8. The molecule has 0 aliphatic carbocycles. The van der Waals surface area contributed by atoms with Crippen LogP contribution >= 0.6 is 31.9 Å². The summed E-state index contributed by atoms with van der Waals surface area (Å²) >= 11 is 7.04. The molecule has 43 heavy (non-hydrogen) atoms. The van der Waals surface area contributed by atoms with E-state index in [1.807, 2.05) is 54.6 Å². The zero-order chi connectivity index (χ0) is 29.9. The van der Waals surface area contributed by atoms with Crippen molar-refractivity contribution in [1.82, 2.24) is 0 Å². The third-order valence-corrected chi connectivity index (χ3v) is 9.15. The minimum atomic E-state index is -1.27. The minimum absolute atomic E-state index is 0.0700. The highest BCUT2D eigenvalue weighted by Crippen LogP contribution is 2.49. The van der Waals surface area contributed by atoms with E-state index < -0.39 is 48.6 Å². The summed E-state index contributed by atoms with van der Waals surface area (Å²) in [5, 5.41) is 14.6. The molecular weight excluding hydrogens is 692 g/mol. The van der Waals surface area contributed by atoms with E-state index in [9.17, 15) is 10.1 Å². The maximum absolute atomic E-state index is 13.0. The Bertz CT molecular complexity index is 1510. The number of hydrogen-bond acceptors (Lipinski definition) is 10. The van der Waals surface area contributed by atoms with Crippen molar-refractivity contribution in [2.24, 2.45) is 0 Å². The van der Waals surface area contributed by atoms with Crippen molar-refractivity contribution in [1.29, 1.82) is 0 Å². The van der Waals surface area contributed by atoms with E-state index in [0.29, 0.717) is 27.2 Å². The SMILES string of the molecule is CC1(C)O[C@H]2O[C@H]([C@@H]3[C@@H]([N+](=O)[O-])[C@H](c4cc5c(cc4Br)OCO5)ON3c3ccccc3)[C@H](OCc3ccc(Br)cc3)[C@H]2O1. The number of nitro groups is 1. The largest absolute Gasteiger partial charge is 0.454 e. The molecule has 3 aromatic carbocycles. The predicted molar refractivity (Wildman–Crippen MR) is 159 cm³/mol. The Labute approximate surface area is 264 Å². The lowest BCUT2D eigenvalue weighted by Crippen LogP contribution is -2.53. The highest BCUT2D eigenvalue weighted by atomic mass is 79.9. The zero-order valence-corrected chi connectivity index (χ0v) is 26.3. The molecular formula is C30H28Br2N2O9. The van der Waals surface area contributed by atoms with Gasteiger partial charge in [0.25, 0.3) is 6.04 Å². The van der Waals surface area contributed by atoms with Gasteiger partial charge in [-0.05, 0) is 55.8 Å². The summed E-state index contributed by atoms with van der Waals surface area (Å²) in [5.74, 6) is 0.130. The standard InChI is InChI=1S/C30H28Br2N2O9/c1-30(2)41-28-27(37-14-16-8-10-17(31)11-9-16)26(40-29(28)42-30)23-24(34(35)36)25(43-33(23)18-6-4-3-5-7-18)19-12-21-22(13-20(19)32)39-15-38-21/h3-13,23-29H,14-15H2,1-2H3/t23-,24+,25-,26+,27-,28+,29+/m0/s1. The van der Waals surface area contributed by atoms with Gasteiger partial charge >= 0.3 is 0 Å². The molecule has 0 bridgehead atoms. The second-order valence-corrected chi connectivity index (χ2v) is 12.9. The predicted octanol–water partition coefficient (Wildman–Crippen LogP) is 5.91. The highest BCUT2D eigenvalue weighted by Gasteiger charge is 2.65. The van der Waals surface area contributed by atoms with Crippen LogP contribution in [0.2, 0.25) is 0 Å². The van der Waals surface area contributed by atoms with Gasteiger partial charge in [0.1, 0.15) is 18.3 Å². The third kappa shape index (κ3) is 5.41. The fraction of sp³-hybridized carbons (Fsp3) is 0.400. The van der Waals surface area contributed by atoms with E-state index in [1.165, 1.54) is 0 Å². The summed E-state index contributed by atoms with van der Waals surface area (Å²) in [6.07, 6.45) is -3.96. The molecule has 4 aliphatic heterocycles. The minimum Gasteiger partial charge on any atom is -0.454 e. The lowest BCUT2D eigenvalue weighted by Gasteiger charge is -2.33. The van der Waals surface area contributed by atoms with Crippen LogP contribution in [0.5, 0.6) is 11.5 Å². The Kier molecular flexibility index (Phi) is 7.61. The fourth-order valence-corrected chi connectivity index (χ4v) is 6.89. The Hall–Kier alpha value is -2.78. The van der Waals surface area contributed by atoms with Gasteiger partial charge in [0.2, 0.25) is 6.79 Å². The smallest absolute Gasteiger partial charge is 0.270 e. The van der Waals surface area contributed by atoms with Gasteiger partial charge in [0.15, 0.2) is 35.7 Å². The monoisotopic (exact) mass is 718 g/mol. The van der Waals surface area contributed by atoms with Gasteiger partial charge in [-0.1, -0.05) is 62.2 Å². The van der Waals surface area contributed by atoms with Crippen LogP contribution in [0.4, 0.5) is 5.69 Å². The van der Waals surface area contributed by atoms with Crippen LogP contribution in [-0.4, -0.2) is 54.2 Å². The first-order valence-corrected chi connectivity index (χ1v) is 15.4. The number of halogens is 2. The average molecular weight is 720 g/mol. The van der Waals surface area contributed by atoms with Crippen molar-refractivity contribution in [2.75, 3.05) is 11.9 Å². The Balaban J connectivity index is 1.29. The molecule has 226 valence electrons. The summed E-state index contributed by atoms with van der Waals surface area (Å²) < 4.78 is 38.0. The molecule has 0 unspecified atom stereocenters. The molecule has 11 nitrogen and oxygen atoms in total. The summed E-state index contributed by atoms with van der Waals surface area (Å²) in [7, 11) is 0. The molecule has 0 aromatic heterocycles. The molecule has 0 radical (unpaired) electrons. The van der Waals surface area contributed by atoms with E-state index in [-0.39, 0.29) is 18.3 Å². The van der Waals surface area contributed by atoms with Gasteiger partial charge in [0, 0.05) is 19.4 Å². The van der Waals surface area contributed by atoms with Gasteiger partial charge in [-0.25, -0.2) is 5.06 Å². The van der Waals surface area contributed by atoms with Crippen molar-refractivity contribution in [3.05, 3.63) is 96.9 Å². The summed E-state index contributed by atoms with van der Waals surface area (Å²) in [5.41, 5.74) is 2.11. The van der Waals surface area contributed by atoms with Crippen molar-refractivity contribution < 1.29 is 38.2 Å². The quantitative estimate of drug-likeness (QED) is 0.216. The average Bonchev–Trinajstić information content (AvgIpc) is 3.73. The molecule has 3 fully saturated rings. The summed E-state index contributed by atoms with van der Waals surface area (Å²) in [6.45, 7) is 3.92. The number of fused-ring (bicyclic) bond motifs is 2. The van der Waals surface area contributed by atoms with E-state index >= 15 is 0 Å². The molecule has 3 saturated heterocycles. The van der Waals surface area contributed by atoms with E-state index in [4.69, 9.17) is 33.3 Å². The number of ether oxygens (including phenoxy) is 6. The normalized spacial score (nSPS) is 30.5. The Morgan fingerprint density at radius 3 is 2.44 bits per heavy atom. The molecule has 0 saturated carbocycles. The second kappa shape index (κ2) is 11.3. The van der Waals surface area contributed by atoms with Crippen LogP contribution in [0.3, 0.4) is 0 Å². The fourth-order valence-electron chi connectivity index (χ4n) is 6.08. The number of hydroxylamine groups is 1. The molecule has 4 heterocycles. The molecule has 3 aromatic rings. The van der Waals surface area contributed by atoms with Crippen LogP contribution in [0.25, 0.3) is 0 Å². The van der Waals surface area contributed by atoms with Gasteiger partial charge < -0.3 is 28.4 Å². The van der Waals surface area contributed by atoms with E-state index in [0.717, 1.165) is 10.0 Å². The molecule has 0 N–H and O–H groups in total. The number of para-hydroxylation sites is 1. The van der Waals surface area contributed by atoms with Crippen LogP contribution in [0.1, 0.15) is 31.1 Å². The lowest BCUT2D eigenvalue weighted by atomic mass is 9.91. The second-order valence-electron chi connectivity index (χ2n) is 11.2. The van der Waals surface area contributed by atoms with E-state index in [1.54, 1.807) is 31.0 Å². The van der Waals surface area contributed by atoms with Gasteiger partial charge in [-0.15, -0.1) is 0 Å². The van der Waals surface area contributed by atoms with Crippen molar-refractivity contribution in [3.8, 4) is 11.5 Å². The Morgan fingerprint density at radius 2 is 1.72 bits per heavy atom. The molecule has 7 rings (SSSR count). The van der Waals surface area contributed by atoms with Crippen LogP contribution in [-0.2, 0) is 30.4 Å². The van der Waals surface area contributed by atoms with Gasteiger partial charge in [-0.3, -0.25) is 15.0 Å². The van der Waals surface area contributed by atoms with Crippen molar-refractivity contribution >= 4 is 37.5 Å². The lowest BCUT2D eigenvalue weighted by molar-refractivity contribution is -0.532. The maximum Gasteiger partial charge on any atom is 0.270 e. The molecule has 4 aliphatic rings. The number of rotatable bonds is 7. The first kappa shape index (κ1) is 29.0. The summed E-state index contributed by atoms with van der Waals surface area (Å²) in [6, 6.07) is 18.3. The molecule has 0 amide bonds. The van der Waals surface area contributed by atoms with Gasteiger partial charge in [-0.2, -0.15) is 0 Å². The number of anilines is 1. The zero-order valence-electron chi connectivity index (χ0n) is 23.1. The van der Waals surface area contributed by atoms with Crippen molar-refractivity contribution in [3.63, 3.8) is 0 Å². The number of nitrogens with zero attached hydrogens (tertiary/aromatic N) is 2. The number of hydrogen-bond donors (Lipinski definition) is 0.